The smallest absolute Gasteiger partial charge is 0.0291 e. The van der Waals surface area contributed by atoms with Crippen molar-refractivity contribution in [3.8, 4) is 0 Å². The molecule has 0 heterocycles. The van der Waals surface area contributed by atoms with E-state index < -0.39 is 0 Å². The van der Waals surface area contributed by atoms with Gasteiger partial charge in [-0.25, -0.2) is 0 Å². The van der Waals surface area contributed by atoms with Crippen molar-refractivity contribution in [2.75, 3.05) is 6.54 Å². The Labute approximate surface area is 106 Å². The van der Waals surface area contributed by atoms with Gasteiger partial charge in [-0.3, -0.25) is 0 Å². The number of rotatable bonds is 5. The van der Waals surface area contributed by atoms with E-state index in [4.69, 9.17) is 0 Å². The van der Waals surface area contributed by atoms with Gasteiger partial charge in [0, 0.05) is 6.04 Å². The summed E-state index contributed by atoms with van der Waals surface area (Å²) in [5.74, 6) is 2.49. The molecular formula is C16H25N. The van der Waals surface area contributed by atoms with Crippen molar-refractivity contribution in [2.45, 2.75) is 46.1 Å². The predicted molar refractivity (Wildman–Crippen MR) is 74.2 cm³/mol. The first kappa shape index (κ1) is 12.6. The molecule has 1 aromatic rings. The van der Waals surface area contributed by atoms with Crippen molar-refractivity contribution >= 4 is 0 Å². The van der Waals surface area contributed by atoms with Crippen molar-refractivity contribution in [3.63, 3.8) is 0 Å². The van der Waals surface area contributed by atoms with E-state index in [-0.39, 0.29) is 0 Å². The van der Waals surface area contributed by atoms with Gasteiger partial charge in [-0.2, -0.15) is 0 Å². The average Bonchev–Trinajstić information content (AvgIpc) is 3.02. The summed E-state index contributed by atoms with van der Waals surface area (Å²) < 4.78 is 0. The highest BCUT2D eigenvalue weighted by Crippen LogP contribution is 2.37. The van der Waals surface area contributed by atoms with E-state index in [1.807, 2.05) is 0 Å². The summed E-state index contributed by atoms with van der Waals surface area (Å²) in [6.07, 6.45) is 1.41. The summed E-state index contributed by atoms with van der Waals surface area (Å²) in [6.45, 7) is 10.3. The monoisotopic (exact) mass is 231 g/mol. The van der Waals surface area contributed by atoms with Crippen molar-refractivity contribution in [2.24, 2.45) is 11.8 Å². The third-order valence-corrected chi connectivity index (χ3v) is 4.07. The molecule has 3 atom stereocenters. The van der Waals surface area contributed by atoms with E-state index in [1.165, 1.54) is 24.1 Å². The van der Waals surface area contributed by atoms with Crippen molar-refractivity contribution in [1.29, 1.82) is 0 Å². The van der Waals surface area contributed by atoms with Crippen LogP contribution in [0.1, 0.15) is 57.2 Å². The summed E-state index contributed by atoms with van der Waals surface area (Å²) in [7, 11) is 0. The Bertz CT molecular complexity index is 352. The molecule has 0 aliphatic heterocycles. The fourth-order valence-electron chi connectivity index (χ4n) is 2.30. The van der Waals surface area contributed by atoms with Crippen LogP contribution < -0.4 is 5.32 Å². The zero-order valence-corrected chi connectivity index (χ0v) is 11.5. The number of benzene rings is 1. The maximum absolute atomic E-state index is 3.64. The number of hydrogen-bond donors (Lipinski definition) is 1. The SMILES string of the molecule is CC(C)c1ccc(C(C)NCC2CC2C)cc1. The lowest BCUT2D eigenvalue weighted by molar-refractivity contribution is 0.535. The van der Waals surface area contributed by atoms with Crippen molar-refractivity contribution in [1.82, 2.24) is 5.32 Å². The van der Waals surface area contributed by atoms with Gasteiger partial charge in [0.1, 0.15) is 0 Å². The van der Waals surface area contributed by atoms with Crippen LogP contribution in [0.4, 0.5) is 0 Å². The van der Waals surface area contributed by atoms with Crippen LogP contribution in [-0.4, -0.2) is 6.54 Å². The molecule has 0 radical (unpaired) electrons. The molecule has 1 nitrogen and oxygen atoms in total. The van der Waals surface area contributed by atoms with Gasteiger partial charge in [0.2, 0.25) is 0 Å². The fourth-order valence-corrected chi connectivity index (χ4v) is 2.30. The topological polar surface area (TPSA) is 12.0 Å². The zero-order valence-electron chi connectivity index (χ0n) is 11.5. The Kier molecular flexibility index (Phi) is 3.88. The summed E-state index contributed by atoms with van der Waals surface area (Å²) in [6, 6.07) is 9.53. The Balaban J connectivity index is 1.87. The van der Waals surface area contributed by atoms with E-state index >= 15 is 0 Å². The second-order valence-electron chi connectivity index (χ2n) is 5.92. The molecule has 2 rings (SSSR count). The summed E-state index contributed by atoms with van der Waals surface area (Å²) in [5, 5.41) is 3.64. The van der Waals surface area contributed by atoms with Gasteiger partial charge in [0.05, 0.1) is 0 Å². The van der Waals surface area contributed by atoms with Gasteiger partial charge in [0.15, 0.2) is 0 Å². The Morgan fingerprint density at radius 2 is 1.65 bits per heavy atom. The van der Waals surface area contributed by atoms with E-state index in [9.17, 15) is 0 Å². The molecular weight excluding hydrogens is 206 g/mol. The lowest BCUT2D eigenvalue weighted by atomic mass is 9.99. The van der Waals surface area contributed by atoms with Crippen molar-refractivity contribution in [3.05, 3.63) is 35.4 Å². The third-order valence-electron chi connectivity index (χ3n) is 4.07. The average molecular weight is 231 g/mol. The molecule has 1 heteroatoms. The van der Waals surface area contributed by atoms with E-state index in [1.54, 1.807) is 0 Å². The quantitative estimate of drug-likeness (QED) is 0.804. The fraction of sp³-hybridized carbons (Fsp3) is 0.625. The largest absolute Gasteiger partial charge is 0.310 e. The summed E-state index contributed by atoms with van der Waals surface area (Å²) in [5.41, 5.74) is 2.83. The van der Waals surface area contributed by atoms with Crippen LogP contribution in [0, 0.1) is 11.8 Å². The maximum Gasteiger partial charge on any atom is 0.0291 e. The molecule has 0 aromatic heterocycles. The van der Waals surface area contributed by atoms with E-state index in [2.05, 4.69) is 57.3 Å². The van der Waals surface area contributed by atoms with Gasteiger partial charge < -0.3 is 5.32 Å². The van der Waals surface area contributed by atoms with E-state index in [0.717, 1.165) is 11.8 Å². The first-order valence-electron chi connectivity index (χ1n) is 6.91. The lowest BCUT2D eigenvalue weighted by Gasteiger charge is -2.15. The molecule has 1 N–H and O–H groups in total. The maximum atomic E-state index is 3.64. The van der Waals surface area contributed by atoms with Crippen LogP contribution in [0.2, 0.25) is 0 Å². The number of hydrogen-bond acceptors (Lipinski definition) is 1. The molecule has 94 valence electrons. The molecule has 0 spiro atoms. The minimum atomic E-state index is 0.476. The summed E-state index contributed by atoms with van der Waals surface area (Å²) in [4.78, 5) is 0. The standard InChI is InChI=1S/C16H25N/c1-11(2)14-5-7-15(8-6-14)13(4)17-10-16-9-12(16)3/h5-8,11-13,16-17H,9-10H2,1-4H3. The van der Waals surface area contributed by atoms with Gasteiger partial charge in [-0.05, 0) is 48.8 Å². The minimum Gasteiger partial charge on any atom is -0.310 e. The van der Waals surface area contributed by atoms with Crippen LogP contribution in [0.3, 0.4) is 0 Å². The first-order valence-corrected chi connectivity index (χ1v) is 6.91. The lowest BCUT2D eigenvalue weighted by Crippen LogP contribution is -2.21. The highest BCUT2D eigenvalue weighted by Gasteiger charge is 2.32. The predicted octanol–water partition coefficient (Wildman–Crippen LogP) is 4.12. The molecule has 0 bridgehead atoms. The second-order valence-corrected chi connectivity index (χ2v) is 5.92. The highest BCUT2D eigenvalue weighted by atomic mass is 14.9. The van der Waals surface area contributed by atoms with Gasteiger partial charge in [0.25, 0.3) is 0 Å². The van der Waals surface area contributed by atoms with Gasteiger partial charge >= 0.3 is 0 Å². The molecule has 0 amide bonds. The Morgan fingerprint density at radius 3 is 2.12 bits per heavy atom. The highest BCUT2D eigenvalue weighted by molar-refractivity contribution is 5.26. The Morgan fingerprint density at radius 1 is 1.12 bits per heavy atom. The third kappa shape index (κ3) is 3.32. The van der Waals surface area contributed by atoms with Crippen LogP contribution in [0.5, 0.6) is 0 Å². The number of nitrogens with one attached hydrogen (secondary N) is 1. The molecule has 1 saturated carbocycles. The van der Waals surface area contributed by atoms with Gasteiger partial charge in [-0.15, -0.1) is 0 Å². The molecule has 0 saturated heterocycles. The van der Waals surface area contributed by atoms with Crippen LogP contribution in [0.15, 0.2) is 24.3 Å². The van der Waals surface area contributed by atoms with Crippen LogP contribution in [-0.2, 0) is 0 Å². The normalized spacial score (nSPS) is 25.0. The van der Waals surface area contributed by atoms with Crippen LogP contribution in [0.25, 0.3) is 0 Å². The van der Waals surface area contributed by atoms with E-state index in [0.29, 0.717) is 12.0 Å². The molecule has 1 aliphatic carbocycles. The van der Waals surface area contributed by atoms with Crippen molar-refractivity contribution < 1.29 is 0 Å². The summed E-state index contributed by atoms with van der Waals surface area (Å²) >= 11 is 0. The zero-order chi connectivity index (χ0) is 12.4. The Hall–Kier alpha value is -0.820. The molecule has 1 aliphatic rings. The van der Waals surface area contributed by atoms with Gasteiger partial charge in [-0.1, -0.05) is 45.0 Å². The molecule has 3 unspecified atom stereocenters. The second kappa shape index (κ2) is 5.22. The molecule has 1 fully saturated rings. The minimum absolute atomic E-state index is 0.476. The van der Waals surface area contributed by atoms with Crippen LogP contribution >= 0.6 is 0 Å². The first-order chi connectivity index (χ1) is 8.08. The molecule has 17 heavy (non-hydrogen) atoms. The molecule has 1 aromatic carbocycles.